The molecule has 0 aliphatic rings. The molecule has 0 aliphatic heterocycles. The minimum absolute atomic E-state index is 0.257. The number of hydrogen-bond acceptors (Lipinski definition) is 6. The van der Waals surface area contributed by atoms with Gasteiger partial charge in [-0.05, 0) is 27.2 Å². The molecule has 1 amide bonds. The molecule has 0 fully saturated rings. The van der Waals surface area contributed by atoms with Crippen LogP contribution in [-0.2, 0) is 4.74 Å². The van der Waals surface area contributed by atoms with Gasteiger partial charge in [-0.25, -0.2) is 14.8 Å². The first-order valence-corrected chi connectivity index (χ1v) is 6.34. The van der Waals surface area contributed by atoms with E-state index in [1.807, 2.05) is 26.8 Å². The van der Waals surface area contributed by atoms with E-state index in [0.717, 1.165) is 0 Å². The number of nitrogens with zero attached hydrogens (tertiary/aromatic N) is 3. The largest absolute Gasteiger partial charge is 0.444 e. The van der Waals surface area contributed by atoms with Crippen LogP contribution in [-0.4, -0.2) is 34.8 Å². The Balaban J connectivity index is 2.23. The quantitative estimate of drug-likeness (QED) is 0.794. The Morgan fingerprint density at radius 1 is 1.35 bits per heavy atom. The highest BCUT2D eigenvalue weighted by Crippen LogP contribution is 2.07. The molecule has 0 saturated carbocycles. The van der Waals surface area contributed by atoms with E-state index in [-0.39, 0.29) is 5.69 Å². The predicted octanol–water partition coefficient (Wildman–Crippen LogP) is 1.67. The van der Waals surface area contributed by atoms with E-state index in [0.29, 0.717) is 25.3 Å². The lowest BCUT2D eigenvalue weighted by atomic mass is 10.2. The minimum Gasteiger partial charge on any atom is -0.444 e. The van der Waals surface area contributed by atoms with Gasteiger partial charge < -0.3 is 15.4 Å². The summed E-state index contributed by atoms with van der Waals surface area (Å²) in [5, 5.41) is 14.5. The molecule has 7 nitrogen and oxygen atoms in total. The maximum Gasteiger partial charge on any atom is 0.407 e. The third-order valence-electron chi connectivity index (χ3n) is 2.12. The summed E-state index contributed by atoms with van der Waals surface area (Å²) in [7, 11) is 0. The molecule has 2 N–H and O–H groups in total. The Morgan fingerprint density at radius 3 is 2.70 bits per heavy atom. The SMILES string of the molecule is CC(C)(C)OC(=O)NCCCNc1nccnc1C#N. The summed E-state index contributed by atoms with van der Waals surface area (Å²) in [6, 6.07) is 1.95. The van der Waals surface area contributed by atoms with Crippen molar-refractivity contribution in [2.45, 2.75) is 32.8 Å². The summed E-state index contributed by atoms with van der Waals surface area (Å²) in [4.78, 5) is 19.3. The number of anilines is 1. The first kappa shape index (κ1) is 15.7. The molecular formula is C13H19N5O2. The molecule has 0 atom stereocenters. The van der Waals surface area contributed by atoms with Crippen molar-refractivity contribution in [3.8, 4) is 6.07 Å². The predicted molar refractivity (Wildman–Crippen MR) is 74.1 cm³/mol. The molecule has 108 valence electrons. The van der Waals surface area contributed by atoms with E-state index < -0.39 is 11.7 Å². The number of carbonyl (C=O) groups excluding carboxylic acids is 1. The minimum atomic E-state index is -0.496. The van der Waals surface area contributed by atoms with Crippen molar-refractivity contribution in [1.29, 1.82) is 5.26 Å². The molecule has 0 spiro atoms. The molecule has 0 aromatic carbocycles. The monoisotopic (exact) mass is 277 g/mol. The topological polar surface area (TPSA) is 99.9 Å². The number of carbonyl (C=O) groups is 1. The maximum atomic E-state index is 11.4. The normalized spacial score (nSPS) is 10.5. The van der Waals surface area contributed by atoms with Crippen LogP contribution in [0.25, 0.3) is 0 Å². The average Bonchev–Trinajstić information content (AvgIpc) is 2.36. The number of ether oxygens (including phenoxy) is 1. The zero-order valence-electron chi connectivity index (χ0n) is 11.9. The Hall–Kier alpha value is -2.36. The summed E-state index contributed by atoms with van der Waals surface area (Å²) in [6.07, 6.45) is 3.23. The van der Waals surface area contributed by atoms with Gasteiger partial charge in [-0.3, -0.25) is 0 Å². The van der Waals surface area contributed by atoms with Gasteiger partial charge in [0.2, 0.25) is 0 Å². The van der Waals surface area contributed by atoms with Crippen LogP contribution in [0.1, 0.15) is 32.9 Å². The highest BCUT2D eigenvalue weighted by atomic mass is 16.6. The standard InChI is InChI=1S/C13H19N5O2/c1-13(2,3)20-12(19)18-6-4-5-16-11-10(9-14)15-7-8-17-11/h7-8H,4-6H2,1-3H3,(H,16,17)(H,18,19). The van der Waals surface area contributed by atoms with Crippen molar-refractivity contribution < 1.29 is 9.53 Å². The molecule has 7 heteroatoms. The lowest BCUT2D eigenvalue weighted by Gasteiger charge is -2.19. The molecule has 1 heterocycles. The Kier molecular flexibility index (Phi) is 5.72. The highest BCUT2D eigenvalue weighted by molar-refractivity contribution is 5.67. The van der Waals surface area contributed by atoms with Crippen molar-refractivity contribution in [3.05, 3.63) is 18.1 Å². The lowest BCUT2D eigenvalue weighted by Crippen LogP contribution is -2.33. The molecular weight excluding hydrogens is 258 g/mol. The van der Waals surface area contributed by atoms with Gasteiger partial charge in [-0.15, -0.1) is 0 Å². The van der Waals surface area contributed by atoms with Crippen LogP contribution in [0.5, 0.6) is 0 Å². The van der Waals surface area contributed by atoms with Crippen LogP contribution in [0.2, 0.25) is 0 Å². The van der Waals surface area contributed by atoms with Gasteiger partial charge in [-0.1, -0.05) is 0 Å². The fourth-order valence-corrected chi connectivity index (χ4v) is 1.35. The van der Waals surface area contributed by atoms with Gasteiger partial charge >= 0.3 is 6.09 Å². The van der Waals surface area contributed by atoms with Crippen molar-refractivity contribution in [2.24, 2.45) is 0 Å². The molecule has 0 aliphatic carbocycles. The van der Waals surface area contributed by atoms with Gasteiger partial charge in [0.05, 0.1) is 0 Å². The molecule has 1 aromatic rings. The Labute approximate surface area is 118 Å². The number of hydrogen-bond donors (Lipinski definition) is 2. The first-order chi connectivity index (χ1) is 9.42. The molecule has 0 saturated heterocycles. The van der Waals surface area contributed by atoms with Crippen LogP contribution in [0, 0.1) is 11.3 Å². The number of nitriles is 1. The summed E-state index contributed by atoms with van der Waals surface area (Å²) < 4.78 is 5.10. The number of alkyl carbamates (subject to hydrolysis) is 1. The van der Waals surface area contributed by atoms with E-state index >= 15 is 0 Å². The number of aromatic nitrogens is 2. The van der Waals surface area contributed by atoms with Gasteiger partial charge in [-0.2, -0.15) is 5.26 Å². The van der Waals surface area contributed by atoms with E-state index in [4.69, 9.17) is 10.00 Å². The zero-order valence-corrected chi connectivity index (χ0v) is 11.9. The maximum absolute atomic E-state index is 11.4. The van der Waals surface area contributed by atoms with Crippen LogP contribution >= 0.6 is 0 Å². The summed E-state index contributed by atoms with van der Waals surface area (Å²) in [6.45, 7) is 6.48. The second kappa shape index (κ2) is 7.28. The number of nitrogens with one attached hydrogen (secondary N) is 2. The van der Waals surface area contributed by atoms with Crippen molar-refractivity contribution in [1.82, 2.24) is 15.3 Å². The van der Waals surface area contributed by atoms with Crippen molar-refractivity contribution >= 4 is 11.9 Å². The fraction of sp³-hybridized carbons (Fsp3) is 0.538. The zero-order chi connectivity index (χ0) is 15.0. The fourth-order valence-electron chi connectivity index (χ4n) is 1.35. The van der Waals surface area contributed by atoms with Crippen LogP contribution in [0.4, 0.5) is 10.6 Å². The highest BCUT2D eigenvalue weighted by Gasteiger charge is 2.15. The third kappa shape index (κ3) is 6.00. The third-order valence-corrected chi connectivity index (χ3v) is 2.12. The molecule has 20 heavy (non-hydrogen) atoms. The average molecular weight is 277 g/mol. The van der Waals surface area contributed by atoms with Gasteiger partial charge in [0.25, 0.3) is 0 Å². The van der Waals surface area contributed by atoms with E-state index in [1.54, 1.807) is 0 Å². The van der Waals surface area contributed by atoms with Crippen LogP contribution in [0.15, 0.2) is 12.4 Å². The molecule has 1 aromatic heterocycles. The smallest absolute Gasteiger partial charge is 0.407 e. The molecule has 0 bridgehead atoms. The van der Waals surface area contributed by atoms with Gasteiger partial charge in [0.15, 0.2) is 11.5 Å². The van der Waals surface area contributed by atoms with Crippen molar-refractivity contribution in [2.75, 3.05) is 18.4 Å². The lowest BCUT2D eigenvalue weighted by molar-refractivity contribution is 0.0528. The first-order valence-electron chi connectivity index (χ1n) is 6.34. The van der Waals surface area contributed by atoms with Gasteiger partial charge in [0.1, 0.15) is 11.7 Å². The van der Waals surface area contributed by atoms with Crippen LogP contribution < -0.4 is 10.6 Å². The Bertz CT molecular complexity index is 490. The summed E-state index contributed by atoms with van der Waals surface area (Å²) in [5.41, 5.74) is -0.239. The summed E-state index contributed by atoms with van der Waals surface area (Å²) in [5.74, 6) is 0.451. The molecule has 0 unspecified atom stereocenters. The number of amides is 1. The van der Waals surface area contributed by atoms with Crippen molar-refractivity contribution in [3.63, 3.8) is 0 Å². The van der Waals surface area contributed by atoms with E-state index in [9.17, 15) is 4.79 Å². The second-order valence-electron chi connectivity index (χ2n) is 5.07. The second-order valence-corrected chi connectivity index (χ2v) is 5.07. The summed E-state index contributed by atoms with van der Waals surface area (Å²) >= 11 is 0. The van der Waals surface area contributed by atoms with Crippen LogP contribution in [0.3, 0.4) is 0 Å². The number of rotatable bonds is 5. The van der Waals surface area contributed by atoms with E-state index in [1.165, 1.54) is 12.4 Å². The Morgan fingerprint density at radius 2 is 2.05 bits per heavy atom. The molecule has 1 rings (SSSR count). The molecule has 0 radical (unpaired) electrons. The van der Waals surface area contributed by atoms with Gasteiger partial charge in [0, 0.05) is 25.5 Å². The van der Waals surface area contributed by atoms with E-state index in [2.05, 4.69) is 20.6 Å².